The van der Waals surface area contributed by atoms with Crippen LogP contribution >= 0.6 is 11.6 Å². The Morgan fingerprint density at radius 3 is 2.48 bits per heavy atom. The molecule has 2 aromatic heterocycles. The molecule has 0 spiro atoms. The van der Waals surface area contributed by atoms with Crippen molar-refractivity contribution >= 4 is 11.6 Å². The Bertz CT molecular complexity index is 944. The van der Waals surface area contributed by atoms with Crippen LogP contribution in [0.1, 0.15) is 6.04 Å². The van der Waals surface area contributed by atoms with E-state index in [1.807, 2.05) is 35.0 Å². The van der Waals surface area contributed by atoms with Crippen LogP contribution in [0.5, 0.6) is 0 Å². The lowest BCUT2D eigenvalue weighted by atomic mass is 10.1. The summed E-state index contributed by atoms with van der Waals surface area (Å²) >= 11 is 5.93. The van der Waals surface area contributed by atoms with E-state index >= 15 is 0 Å². The first-order valence-electron chi connectivity index (χ1n) is 8.73. The third-order valence-electron chi connectivity index (χ3n) is 5.04. The van der Waals surface area contributed by atoms with Gasteiger partial charge in [-0.1, -0.05) is 11.6 Å². The fourth-order valence-electron chi connectivity index (χ4n) is 3.69. The number of fused-ring (bicyclic) bond motifs is 1. The number of hydrogen-bond donors (Lipinski definition) is 1. The topological polar surface area (TPSA) is 82.3 Å². The van der Waals surface area contributed by atoms with E-state index in [0.717, 1.165) is 17.0 Å². The number of hydrogen-bond acceptors (Lipinski definition) is 6. The average molecular weight is 385 g/mol. The number of benzene rings is 1. The summed E-state index contributed by atoms with van der Waals surface area (Å²) in [5, 5.41) is 10.6. The molecule has 2 aliphatic rings. The first-order chi connectivity index (χ1) is 13.2. The van der Waals surface area contributed by atoms with Gasteiger partial charge in [-0.05, 0) is 24.3 Å². The van der Waals surface area contributed by atoms with Crippen molar-refractivity contribution in [1.29, 1.82) is 0 Å². The van der Waals surface area contributed by atoms with Crippen LogP contribution < -0.4 is 0 Å². The SMILES string of the molecule is O[C@@H]1CO[C@H]2[C@@H]1OC[C@@H]2n1ccnc1-c1cnc(-c2ccc(Cl)cc2)nc1. The van der Waals surface area contributed by atoms with Gasteiger partial charge in [-0.2, -0.15) is 0 Å². The Kier molecular flexibility index (Phi) is 4.17. The van der Waals surface area contributed by atoms with Crippen molar-refractivity contribution in [2.75, 3.05) is 13.2 Å². The van der Waals surface area contributed by atoms with E-state index < -0.39 is 6.10 Å². The van der Waals surface area contributed by atoms with Crippen LogP contribution in [0, 0.1) is 0 Å². The molecule has 1 aromatic carbocycles. The van der Waals surface area contributed by atoms with Crippen molar-refractivity contribution in [1.82, 2.24) is 19.5 Å². The molecule has 27 heavy (non-hydrogen) atoms. The highest BCUT2D eigenvalue weighted by molar-refractivity contribution is 6.30. The molecule has 2 saturated heterocycles. The lowest BCUT2D eigenvalue weighted by molar-refractivity contribution is 0.0172. The number of ether oxygens (including phenoxy) is 2. The number of nitrogens with zero attached hydrogens (tertiary/aromatic N) is 4. The van der Waals surface area contributed by atoms with Crippen molar-refractivity contribution < 1.29 is 14.6 Å². The van der Waals surface area contributed by atoms with Gasteiger partial charge in [0.1, 0.15) is 24.1 Å². The highest BCUT2D eigenvalue weighted by Crippen LogP contribution is 2.36. The maximum Gasteiger partial charge on any atom is 0.159 e. The molecule has 0 aliphatic carbocycles. The summed E-state index contributed by atoms with van der Waals surface area (Å²) in [6.45, 7) is 0.772. The van der Waals surface area contributed by atoms with Gasteiger partial charge in [0.25, 0.3) is 0 Å². The van der Waals surface area contributed by atoms with Gasteiger partial charge in [-0.25, -0.2) is 15.0 Å². The van der Waals surface area contributed by atoms with Crippen LogP contribution in [0.2, 0.25) is 5.02 Å². The molecule has 0 radical (unpaired) electrons. The number of aliphatic hydroxyl groups excluding tert-OH is 1. The third-order valence-corrected chi connectivity index (χ3v) is 5.29. The van der Waals surface area contributed by atoms with Gasteiger partial charge >= 0.3 is 0 Å². The minimum absolute atomic E-state index is 0.0411. The van der Waals surface area contributed by atoms with Gasteiger partial charge in [-0.3, -0.25) is 0 Å². The second kappa shape index (κ2) is 6.69. The maximum atomic E-state index is 9.95. The molecule has 4 atom stereocenters. The van der Waals surface area contributed by atoms with Crippen molar-refractivity contribution in [2.24, 2.45) is 0 Å². The summed E-state index contributed by atoms with van der Waals surface area (Å²) in [5.41, 5.74) is 1.70. The van der Waals surface area contributed by atoms with Gasteiger partial charge in [0.2, 0.25) is 0 Å². The highest BCUT2D eigenvalue weighted by atomic mass is 35.5. The minimum Gasteiger partial charge on any atom is -0.388 e. The highest BCUT2D eigenvalue weighted by Gasteiger charge is 2.48. The van der Waals surface area contributed by atoms with Crippen molar-refractivity contribution in [3.63, 3.8) is 0 Å². The average Bonchev–Trinajstić information content (AvgIpc) is 3.40. The standard InChI is InChI=1S/C19H17ClN4O3/c20-13-3-1-11(2-4-13)18-22-7-12(8-23-18)19-21-5-6-24(19)14-9-26-17-15(25)10-27-16(14)17/h1-8,14-17,25H,9-10H2/t14-,15+,16+,17+/m0/s1. The van der Waals surface area contributed by atoms with E-state index in [1.54, 1.807) is 18.6 Å². The van der Waals surface area contributed by atoms with E-state index in [4.69, 9.17) is 21.1 Å². The zero-order valence-corrected chi connectivity index (χ0v) is 15.0. The maximum absolute atomic E-state index is 9.95. The predicted molar refractivity (Wildman–Crippen MR) is 98.2 cm³/mol. The van der Waals surface area contributed by atoms with Crippen LogP contribution in [0.4, 0.5) is 0 Å². The van der Waals surface area contributed by atoms with Gasteiger partial charge < -0.3 is 19.1 Å². The van der Waals surface area contributed by atoms with Crippen LogP contribution in [0.15, 0.2) is 49.1 Å². The van der Waals surface area contributed by atoms with E-state index in [9.17, 15) is 5.11 Å². The molecule has 0 bridgehead atoms. The molecule has 8 heteroatoms. The van der Waals surface area contributed by atoms with Crippen LogP contribution in [0.3, 0.4) is 0 Å². The number of aliphatic hydroxyl groups is 1. The van der Waals surface area contributed by atoms with Gasteiger partial charge in [-0.15, -0.1) is 0 Å². The van der Waals surface area contributed by atoms with E-state index in [1.165, 1.54) is 0 Å². The zero-order valence-electron chi connectivity index (χ0n) is 14.3. The largest absolute Gasteiger partial charge is 0.388 e. The van der Waals surface area contributed by atoms with Crippen molar-refractivity contribution in [3.05, 3.63) is 54.1 Å². The minimum atomic E-state index is -0.575. The van der Waals surface area contributed by atoms with Crippen molar-refractivity contribution in [3.8, 4) is 22.8 Å². The summed E-state index contributed by atoms with van der Waals surface area (Å²) < 4.78 is 13.5. The number of halogens is 1. The van der Waals surface area contributed by atoms with E-state index in [2.05, 4.69) is 15.0 Å². The monoisotopic (exact) mass is 384 g/mol. The Morgan fingerprint density at radius 2 is 1.70 bits per heavy atom. The zero-order chi connectivity index (χ0) is 18.4. The lowest BCUT2D eigenvalue weighted by Crippen LogP contribution is -2.30. The van der Waals surface area contributed by atoms with Crippen LogP contribution in [-0.4, -0.2) is 56.2 Å². The molecule has 1 N–H and O–H groups in total. The molecule has 3 aromatic rings. The third kappa shape index (κ3) is 2.93. The summed E-state index contributed by atoms with van der Waals surface area (Å²) in [6.07, 6.45) is 6.11. The van der Waals surface area contributed by atoms with E-state index in [0.29, 0.717) is 24.1 Å². The first kappa shape index (κ1) is 16.8. The molecule has 5 rings (SSSR count). The molecule has 0 saturated carbocycles. The molecular formula is C19H17ClN4O3. The molecule has 0 amide bonds. The Labute approximate surface area is 160 Å². The summed E-state index contributed by atoms with van der Waals surface area (Å²) in [5.74, 6) is 1.37. The summed E-state index contributed by atoms with van der Waals surface area (Å²) in [6, 6.07) is 7.36. The molecule has 7 nitrogen and oxygen atoms in total. The van der Waals surface area contributed by atoms with Gasteiger partial charge in [0.05, 0.1) is 24.8 Å². The van der Waals surface area contributed by atoms with Gasteiger partial charge in [0.15, 0.2) is 5.82 Å². The molecular weight excluding hydrogens is 368 g/mol. The predicted octanol–water partition coefficient (Wildman–Crippen LogP) is 2.36. The molecule has 4 heterocycles. The molecule has 138 valence electrons. The summed E-state index contributed by atoms with van der Waals surface area (Å²) in [4.78, 5) is 13.4. The first-order valence-corrected chi connectivity index (χ1v) is 9.11. The Balaban J connectivity index is 1.43. The molecule has 2 aliphatic heterocycles. The quantitative estimate of drug-likeness (QED) is 0.746. The van der Waals surface area contributed by atoms with E-state index in [-0.39, 0.29) is 18.2 Å². The number of aromatic nitrogens is 4. The second-order valence-electron chi connectivity index (χ2n) is 6.69. The lowest BCUT2D eigenvalue weighted by Gasteiger charge is -2.19. The van der Waals surface area contributed by atoms with Crippen LogP contribution in [0.25, 0.3) is 22.8 Å². The van der Waals surface area contributed by atoms with Crippen LogP contribution in [-0.2, 0) is 9.47 Å². The second-order valence-corrected chi connectivity index (χ2v) is 7.13. The van der Waals surface area contributed by atoms with Crippen molar-refractivity contribution in [2.45, 2.75) is 24.4 Å². The van der Waals surface area contributed by atoms with Gasteiger partial charge in [0, 0.05) is 35.4 Å². The normalized spacial score (nSPS) is 27.0. The Morgan fingerprint density at radius 1 is 0.963 bits per heavy atom. The Hall–Kier alpha value is -2.32. The fraction of sp³-hybridized carbons (Fsp3) is 0.316. The smallest absolute Gasteiger partial charge is 0.159 e. The fourth-order valence-corrected chi connectivity index (χ4v) is 3.82. The summed E-state index contributed by atoms with van der Waals surface area (Å²) in [7, 11) is 0. The number of imidazole rings is 1. The molecule has 2 fully saturated rings. The number of rotatable bonds is 3. The molecule has 0 unspecified atom stereocenters.